The molecule has 4 rings (SSSR count). The number of Topliss-reactive ketones (excluding diaryl/α,β-unsaturated/α-hetero) is 1. The van der Waals surface area contributed by atoms with E-state index < -0.39 is 0 Å². The number of carbonyl (C=O) groups excluding carboxylic acids is 1. The maximum atomic E-state index is 11.4. The Morgan fingerprint density at radius 2 is 1.77 bits per heavy atom. The van der Waals surface area contributed by atoms with Crippen LogP contribution >= 0.6 is 22.9 Å². The largest absolute Gasteiger partial charge is 0.340 e. The van der Waals surface area contributed by atoms with Crippen LogP contribution in [0.5, 0.6) is 0 Å². The van der Waals surface area contributed by atoms with Gasteiger partial charge in [0.15, 0.2) is 5.78 Å². The highest BCUT2D eigenvalue weighted by Crippen LogP contribution is 2.37. The number of nitrogens with one attached hydrogen (secondary N) is 1. The van der Waals surface area contributed by atoms with Gasteiger partial charge in [0.25, 0.3) is 0 Å². The van der Waals surface area contributed by atoms with Gasteiger partial charge in [-0.1, -0.05) is 23.7 Å². The number of hydrogen-bond acceptors (Lipinski definition) is 5. The van der Waals surface area contributed by atoms with E-state index in [1.54, 1.807) is 36.7 Å². The van der Waals surface area contributed by atoms with E-state index in [1.165, 1.54) is 0 Å². The van der Waals surface area contributed by atoms with Crippen molar-refractivity contribution in [3.8, 4) is 11.1 Å². The van der Waals surface area contributed by atoms with Gasteiger partial charge in [-0.3, -0.25) is 4.79 Å². The van der Waals surface area contributed by atoms with Crippen LogP contribution in [0, 0.1) is 0 Å². The first kappa shape index (κ1) is 16.7. The molecule has 2 heterocycles. The number of hydrogen-bond donors (Lipinski definition) is 1. The van der Waals surface area contributed by atoms with Crippen LogP contribution in [0.2, 0.25) is 5.02 Å². The Labute approximate surface area is 159 Å². The molecule has 4 nitrogen and oxygen atoms in total. The molecule has 0 radical (unpaired) electrons. The topological polar surface area (TPSA) is 54.9 Å². The molecule has 1 N–H and O–H groups in total. The standard InChI is InChI=1S/C20H14ClN3OS/c1-12(25)13-4-8-16(9-5-13)24-19-18-17(10-26-20(18)23-11-22-19)14-2-6-15(21)7-3-14/h2-11H,1H3,(H,22,23,24). The van der Waals surface area contributed by atoms with Crippen molar-refractivity contribution >= 4 is 50.4 Å². The lowest BCUT2D eigenvalue weighted by Gasteiger charge is -2.09. The third kappa shape index (κ3) is 3.19. The van der Waals surface area contributed by atoms with Crippen LogP contribution in [0.1, 0.15) is 17.3 Å². The molecule has 0 aliphatic rings. The zero-order valence-corrected chi connectivity index (χ0v) is 15.4. The molecule has 0 aliphatic heterocycles. The number of fused-ring (bicyclic) bond motifs is 1. The third-order valence-corrected chi connectivity index (χ3v) is 5.22. The highest BCUT2D eigenvalue weighted by Gasteiger charge is 2.13. The van der Waals surface area contributed by atoms with Crippen molar-refractivity contribution in [2.45, 2.75) is 6.92 Å². The van der Waals surface area contributed by atoms with Gasteiger partial charge in [-0.2, -0.15) is 0 Å². The Morgan fingerprint density at radius 3 is 2.46 bits per heavy atom. The molecule has 26 heavy (non-hydrogen) atoms. The first-order valence-corrected chi connectivity index (χ1v) is 9.24. The second-order valence-electron chi connectivity index (χ2n) is 5.82. The summed E-state index contributed by atoms with van der Waals surface area (Å²) in [5.41, 5.74) is 3.67. The molecule has 0 saturated carbocycles. The van der Waals surface area contributed by atoms with Crippen molar-refractivity contribution in [2.75, 3.05) is 5.32 Å². The highest BCUT2D eigenvalue weighted by atomic mass is 35.5. The molecule has 0 unspecified atom stereocenters. The quantitative estimate of drug-likeness (QED) is 0.444. The van der Waals surface area contributed by atoms with Crippen LogP contribution < -0.4 is 5.32 Å². The molecule has 6 heteroatoms. The van der Waals surface area contributed by atoms with E-state index in [9.17, 15) is 4.79 Å². The van der Waals surface area contributed by atoms with Gasteiger partial charge < -0.3 is 5.32 Å². The Kier molecular flexibility index (Phi) is 4.41. The fraction of sp³-hybridized carbons (Fsp3) is 0.0500. The lowest BCUT2D eigenvalue weighted by molar-refractivity contribution is 0.101. The first-order valence-electron chi connectivity index (χ1n) is 7.98. The number of carbonyl (C=O) groups is 1. The summed E-state index contributed by atoms with van der Waals surface area (Å²) in [5, 5.41) is 7.09. The molecule has 0 aliphatic carbocycles. The van der Waals surface area contributed by atoms with Crippen LogP contribution in [0.3, 0.4) is 0 Å². The zero-order valence-electron chi connectivity index (χ0n) is 13.9. The number of thiophene rings is 1. The molecule has 4 aromatic rings. The molecular formula is C20H14ClN3OS. The fourth-order valence-electron chi connectivity index (χ4n) is 2.74. The van der Waals surface area contributed by atoms with E-state index in [2.05, 4.69) is 20.7 Å². The molecular weight excluding hydrogens is 366 g/mol. The predicted octanol–water partition coefficient (Wildman–Crippen LogP) is 5.96. The summed E-state index contributed by atoms with van der Waals surface area (Å²) in [5.74, 6) is 0.778. The minimum absolute atomic E-state index is 0.0452. The van der Waals surface area contributed by atoms with E-state index >= 15 is 0 Å². The number of anilines is 2. The Bertz CT molecular complexity index is 1090. The molecule has 0 saturated heterocycles. The lowest BCUT2D eigenvalue weighted by atomic mass is 10.1. The average molecular weight is 380 g/mol. The van der Waals surface area contributed by atoms with Gasteiger partial charge >= 0.3 is 0 Å². The number of halogens is 1. The molecule has 0 atom stereocenters. The highest BCUT2D eigenvalue weighted by molar-refractivity contribution is 7.17. The SMILES string of the molecule is CC(=O)c1ccc(Nc2ncnc3scc(-c4ccc(Cl)cc4)c23)cc1. The number of nitrogens with zero attached hydrogens (tertiary/aromatic N) is 2. The fourth-order valence-corrected chi connectivity index (χ4v) is 3.78. The maximum absolute atomic E-state index is 11.4. The van der Waals surface area contributed by atoms with Gasteiger partial charge in [-0.05, 0) is 48.9 Å². The van der Waals surface area contributed by atoms with Gasteiger partial charge in [0.2, 0.25) is 0 Å². The third-order valence-electron chi connectivity index (χ3n) is 4.08. The molecule has 0 spiro atoms. The molecule has 2 aromatic heterocycles. The molecule has 0 fully saturated rings. The lowest BCUT2D eigenvalue weighted by Crippen LogP contribution is -1.97. The van der Waals surface area contributed by atoms with Crippen LogP contribution in [0.4, 0.5) is 11.5 Å². The van der Waals surface area contributed by atoms with Crippen molar-refractivity contribution in [1.29, 1.82) is 0 Å². The normalized spacial score (nSPS) is 10.8. The van der Waals surface area contributed by atoms with Gasteiger partial charge in [-0.25, -0.2) is 9.97 Å². The molecule has 2 aromatic carbocycles. The molecule has 128 valence electrons. The number of benzene rings is 2. The summed E-state index contributed by atoms with van der Waals surface area (Å²) in [6.45, 7) is 1.56. The van der Waals surface area contributed by atoms with E-state index in [1.807, 2.05) is 36.4 Å². The van der Waals surface area contributed by atoms with E-state index in [0.29, 0.717) is 10.6 Å². The smallest absolute Gasteiger partial charge is 0.159 e. The summed E-state index contributed by atoms with van der Waals surface area (Å²) in [6, 6.07) is 15.1. The van der Waals surface area contributed by atoms with E-state index in [-0.39, 0.29) is 5.78 Å². The predicted molar refractivity (Wildman–Crippen MR) is 108 cm³/mol. The van der Waals surface area contributed by atoms with Crippen molar-refractivity contribution < 1.29 is 4.79 Å². The minimum Gasteiger partial charge on any atom is -0.340 e. The Morgan fingerprint density at radius 1 is 1.04 bits per heavy atom. The summed E-state index contributed by atoms with van der Waals surface area (Å²) < 4.78 is 0. The number of ketones is 1. The van der Waals surface area contributed by atoms with Crippen LogP contribution in [-0.2, 0) is 0 Å². The Balaban J connectivity index is 1.76. The van der Waals surface area contributed by atoms with Crippen molar-refractivity contribution in [3.63, 3.8) is 0 Å². The van der Waals surface area contributed by atoms with Crippen LogP contribution in [-0.4, -0.2) is 15.8 Å². The molecule has 0 amide bonds. The second kappa shape index (κ2) is 6.86. The van der Waals surface area contributed by atoms with Gasteiger partial charge in [0.1, 0.15) is 17.0 Å². The monoisotopic (exact) mass is 379 g/mol. The summed E-state index contributed by atoms with van der Waals surface area (Å²) in [4.78, 5) is 21.1. The number of aromatic nitrogens is 2. The van der Waals surface area contributed by atoms with Gasteiger partial charge in [-0.15, -0.1) is 11.3 Å². The first-order chi connectivity index (χ1) is 12.6. The summed E-state index contributed by atoms with van der Waals surface area (Å²) in [6.07, 6.45) is 1.55. The van der Waals surface area contributed by atoms with E-state index in [0.717, 1.165) is 32.8 Å². The average Bonchev–Trinajstić information content (AvgIpc) is 3.08. The molecule has 0 bridgehead atoms. The number of rotatable bonds is 4. The van der Waals surface area contributed by atoms with E-state index in [4.69, 9.17) is 11.6 Å². The minimum atomic E-state index is 0.0452. The summed E-state index contributed by atoms with van der Waals surface area (Å²) >= 11 is 7.58. The zero-order chi connectivity index (χ0) is 18.1. The van der Waals surface area contributed by atoms with Gasteiger partial charge in [0, 0.05) is 27.2 Å². The van der Waals surface area contributed by atoms with Crippen molar-refractivity contribution in [2.24, 2.45) is 0 Å². The maximum Gasteiger partial charge on any atom is 0.159 e. The van der Waals surface area contributed by atoms with Crippen LogP contribution in [0.25, 0.3) is 21.3 Å². The van der Waals surface area contributed by atoms with Crippen molar-refractivity contribution in [1.82, 2.24) is 9.97 Å². The second-order valence-corrected chi connectivity index (χ2v) is 7.11. The Hall–Kier alpha value is -2.76. The van der Waals surface area contributed by atoms with Crippen LogP contribution in [0.15, 0.2) is 60.2 Å². The summed E-state index contributed by atoms with van der Waals surface area (Å²) in [7, 11) is 0. The van der Waals surface area contributed by atoms with Crippen molar-refractivity contribution in [3.05, 3.63) is 70.8 Å². The van der Waals surface area contributed by atoms with Gasteiger partial charge in [0.05, 0.1) is 5.39 Å².